The van der Waals surface area contributed by atoms with Crippen LogP contribution in [-0.4, -0.2) is 30.3 Å². The van der Waals surface area contributed by atoms with E-state index < -0.39 is 11.9 Å². The summed E-state index contributed by atoms with van der Waals surface area (Å²) in [4.78, 5) is 11.9. The molecule has 0 aromatic heterocycles. The van der Waals surface area contributed by atoms with Gasteiger partial charge in [-0.05, 0) is 37.0 Å². The average molecular weight is 295 g/mol. The number of aliphatic hydroxyl groups is 1. The third-order valence-electron chi connectivity index (χ3n) is 3.93. The zero-order chi connectivity index (χ0) is 15.2. The van der Waals surface area contributed by atoms with Crippen LogP contribution in [0, 0.1) is 5.82 Å². The molecular formula is C16H22FNO3. The van der Waals surface area contributed by atoms with E-state index >= 15 is 0 Å². The molecule has 1 saturated carbocycles. The fraction of sp³-hybridized carbons (Fsp3) is 0.562. The van der Waals surface area contributed by atoms with Gasteiger partial charge in [0.2, 0.25) is 5.91 Å². The van der Waals surface area contributed by atoms with Crippen molar-refractivity contribution in [2.75, 3.05) is 7.11 Å². The summed E-state index contributed by atoms with van der Waals surface area (Å²) in [5.74, 6) is -0.316. The van der Waals surface area contributed by atoms with Gasteiger partial charge >= 0.3 is 0 Å². The zero-order valence-corrected chi connectivity index (χ0v) is 12.3. The minimum Gasteiger partial charge on any atom is -0.494 e. The van der Waals surface area contributed by atoms with Crippen LogP contribution in [0.3, 0.4) is 0 Å². The van der Waals surface area contributed by atoms with Crippen molar-refractivity contribution in [2.45, 2.75) is 50.7 Å². The largest absolute Gasteiger partial charge is 0.494 e. The summed E-state index contributed by atoms with van der Waals surface area (Å²) in [5, 5.41) is 12.7. The molecule has 1 fully saturated rings. The number of rotatable bonds is 5. The summed E-state index contributed by atoms with van der Waals surface area (Å²) in [6, 6.07) is 4.57. The second-order valence-electron chi connectivity index (χ2n) is 5.49. The number of amides is 1. The van der Waals surface area contributed by atoms with E-state index in [0.29, 0.717) is 6.42 Å². The van der Waals surface area contributed by atoms with Crippen molar-refractivity contribution in [1.29, 1.82) is 0 Å². The van der Waals surface area contributed by atoms with Gasteiger partial charge in [-0.3, -0.25) is 4.79 Å². The Morgan fingerprint density at radius 3 is 2.86 bits per heavy atom. The Morgan fingerprint density at radius 2 is 2.19 bits per heavy atom. The van der Waals surface area contributed by atoms with E-state index in [1.165, 1.54) is 13.2 Å². The highest BCUT2D eigenvalue weighted by Gasteiger charge is 2.24. The molecule has 0 aliphatic heterocycles. The molecule has 0 saturated heterocycles. The van der Waals surface area contributed by atoms with Crippen LogP contribution in [0.2, 0.25) is 0 Å². The van der Waals surface area contributed by atoms with Gasteiger partial charge in [0.15, 0.2) is 11.6 Å². The van der Waals surface area contributed by atoms with E-state index in [1.807, 2.05) is 0 Å². The predicted molar refractivity (Wildman–Crippen MR) is 77.7 cm³/mol. The quantitative estimate of drug-likeness (QED) is 0.875. The molecule has 2 rings (SSSR count). The number of hydrogen-bond donors (Lipinski definition) is 2. The van der Waals surface area contributed by atoms with Gasteiger partial charge in [-0.15, -0.1) is 0 Å². The summed E-state index contributed by atoms with van der Waals surface area (Å²) in [6.45, 7) is 0. The van der Waals surface area contributed by atoms with Gasteiger partial charge in [0.1, 0.15) is 0 Å². The lowest BCUT2D eigenvalue weighted by atomic mass is 9.92. The molecule has 1 aliphatic carbocycles. The Labute approximate surface area is 124 Å². The summed E-state index contributed by atoms with van der Waals surface area (Å²) >= 11 is 0. The molecule has 1 aromatic carbocycles. The fourth-order valence-corrected chi connectivity index (χ4v) is 2.68. The minimum absolute atomic E-state index is 0.0998. The Morgan fingerprint density at radius 1 is 1.43 bits per heavy atom. The number of methoxy groups -OCH3 is 1. The van der Waals surface area contributed by atoms with Gasteiger partial charge in [0.25, 0.3) is 0 Å². The van der Waals surface area contributed by atoms with Crippen LogP contribution in [0.25, 0.3) is 0 Å². The molecule has 0 bridgehead atoms. The molecule has 5 heteroatoms. The molecule has 1 amide bonds. The van der Waals surface area contributed by atoms with E-state index in [4.69, 9.17) is 4.74 Å². The first-order valence-corrected chi connectivity index (χ1v) is 7.40. The molecule has 0 heterocycles. The monoisotopic (exact) mass is 295 g/mol. The summed E-state index contributed by atoms with van der Waals surface area (Å²) in [6.07, 6.45) is 3.93. The molecule has 0 radical (unpaired) electrons. The number of benzene rings is 1. The topological polar surface area (TPSA) is 58.6 Å². The Kier molecular flexibility index (Phi) is 5.56. The lowest BCUT2D eigenvalue weighted by Crippen LogP contribution is -2.45. The lowest BCUT2D eigenvalue weighted by molar-refractivity contribution is -0.123. The number of carbonyl (C=O) groups is 1. The normalized spacial score (nSPS) is 21.9. The van der Waals surface area contributed by atoms with E-state index in [-0.39, 0.29) is 24.1 Å². The number of halogens is 1. The van der Waals surface area contributed by atoms with Crippen LogP contribution in [-0.2, 0) is 11.2 Å². The van der Waals surface area contributed by atoms with Crippen LogP contribution in [0.15, 0.2) is 18.2 Å². The molecule has 2 unspecified atom stereocenters. The molecule has 2 N–H and O–H groups in total. The van der Waals surface area contributed by atoms with E-state index in [0.717, 1.165) is 31.2 Å². The average Bonchev–Trinajstić information content (AvgIpc) is 2.48. The molecule has 1 aliphatic rings. The minimum atomic E-state index is -0.443. The standard InChI is InChI=1S/C16H22FNO3/c1-21-15-8-6-11(10-12(15)17)7-9-16(20)18-13-4-2-3-5-14(13)19/h6,8,10,13-14,19H,2-5,7,9H2,1H3,(H,18,20). The Hall–Kier alpha value is -1.62. The van der Waals surface area contributed by atoms with E-state index in [1.54, 1.807) is 12.1 Å². The number of ether oxygens (including phenoxy) is 1. The third kappa shape index (κ3) is 4.43. The summed E-state index contributed by atoms with van der Waals surface area (Å²) < 4.78 is 18.4. The predicted octanol–water partition coefficient (Wildman–Crippen LogP) is 2.19. The van der Waals surface area contributed by atoms with Crippen molar-refractivity contribution in [3.8, 4) is 5.75 Å². The highest BCUT2D eigenvalue weighted by Crippen LogP contribution is 2.20. The maximum Gasteiger partial charge on any atom is 0.220 e. The Bertz CT molecular complexity index is 492. The van der Waals surface area contributed by atoms with Crippen molar-refractivity contribution in [1.82, 2.24) is 5.32 Å². The van der Waals surface area contributed by atoms with Crippen LogP contribution in [0.4, 0.5) is 4.39 Å². The SMILES string of the molecule is COc1ccc(CCC(=O)NC2CCCCC2O)cc1F. The zero-order valence-electron chi connectivity index (χ0n) is 12.3. The smallest absolute Gasteiger partial charge is 0.220 e. The maximum atomic E-state index is 13.5. The van der Waals surface area contributed by atoms with Crippen molar-refractivity contribution in [2.24, 2.45) is 0 Å². The maximum absolute atomic E-state index is 13.5. The molecule has 4 nitrogen and oxygen atoms in total. The number of carbonyl (C=O) groups excluding carboxylic acids is 1. The molecule has 116 valence electrons. The molecule has 0 spiro atoms. The summed E-state index contributed by atoms with van der Waals surface area (Å²) in [7, 11) is 1.42. The first kappa shape index (κ1) is 15.8. The molecule has 21 heavy (non-hydrogen) atoms. The van der Waals surface area contributed by atoms with Gasteiger partial charge in [-0.2, -0.15) is 0 Å². The van der Waals surface area contributed by atoms with Crippen molar-refractivity contribution in [3.05, 3.63) is 29.6 Å². The summed E-state index contributed by atoms with van der Waals surface area (Å²) in [5.41, 5.74) is 0.757. The van der Waals surface area contributed by atoms with Crippen LogP contribution in [0.1, 0.15) is 37.7 Å². The number of nitrogens with one attached hydrogen (secondary N) is 1. The van der Waals surface area contributed by atoms with Gasteiger partial charge < -0.3 is 15.2 Å². The molecule has 2 atom stereocenters. The van der Waals surface area contributed by atoms with Crippen molar-refractivity contribution in [3.63, 3.8) is 0 Å². The van der Waals surface area contributed by atoms with Crippen LogP contribution in [0.5, 0.6) is 5.75 Å². The Balaban J connectivity index is 1.82. The second kappa shape index (κ2) is 7.41. The number of aliphatic hydroxyl groups excluding tert-OH is 1. The number of hydrogen-bond acceptors (Lipinski definition) is 3. The van der Waals surface area contributed by atoms with Crippen molar-refractivity contribution < 1.29 is 19.0 Å². The van der Waals surface area contributed by atoms with Gasteiger partial charge in [-0.25, -0.2) is 4.39 Å². The third-order valence-corrected chi connectivity index (χ3v) is 3.93. The number of aryl methyl sites for hydroxylation is 1. The van der Waals surface area contributed by atoms with E-state index in [9.17, 15) is 14.3 Å². The second-order valence-corrected chi connectivity index (χ2v) is 5.49. The van der Waals surface area contributed by atoms with Gasteiger partial charge in [0.05, 0.1) is 19.3 Å². The first-order chi connectivity index (χ1) is 10.1. The molecule has 1 aromatic rings. The first-order valence-electron chi connectivity index (χ1n) is 7.40. The fourth-order valence-electron chi connectivity index (χ4n) is 2.68. The highest BCUT2D eigenvalue weighted by atomic mass is 19.1. The van der Waals surface area contributed by atoms with Crippen molar-refractivity contribution >= 4 is 5.91 Å². The van der Waals surface area contributed by atoms with Crippen LogP contribution >= 0.6 is 0 Å². The van der Waals surface area contributed by atoms with Crippen LogP contribution < -0.4 is 10.1 Å². The highest BCUT2D eigenvalue weighted by molar-refractivity contribution is 5.76. The van der Waals surface area contributed by atoms with Gasteiger partial charge in [-0.1, -0.05) is 18.9 Å². The molecular weight excluding hydrogens is 273 g/mol. The van der Waals surface area contributed by atoms with Gasteiger partial charge in [0, 0.05) is 6.42 Å². The lowest BCUT2D eigenvalue weighted by Gasteiger charge is -2.28. The van der Waals surface area contributed by atoms with E-state index in [2.05, 4.69) is 5.32 Å².